The number of benzene rings is 1. The van der Waals surface area contributed by atoms with Gasteiger partial charge in [-0.2, -0.15) is 0 Å². The molecule has 3 heteroatoms. The summed E-state index contributed by atoms with van der Waals surface area (Å²) in [6.07, 6.45) is 5.14. The molecule has 0 aliphatic heterocycles. The minimum atomic E-state index is 0.0553. The zero-order chi connectivity index (χ0) is 15.7. The number of hydrogen-bond donors (Lipinski definition) is 1. The number of fused-ring (bicyclic) bond motifs is 2. The molecule has 3 rings (SSSR count). The second kappa shape index (κ2) is 6.31. The van der Waals surface area contributed by atoms with Crippen molar-refractivity contribution in [3.05, 3.63) is 29.8 Å². The van der Waals surface area contributed by atoms with Gasteiger partial charge in [0.15, 0.2) is 0 Å². The predicted octanol–water partition coefficient (Wildman–Crippen LogP) is 4.09. The Hall–Kier alpha value is -1.51. The molecule has 4 unspecified atom stereocenters. The van der Waals surface area contributed by atoms with Crippen LogP contribution >= 0.6 is 0 Å². The number of carbonyl (C=O) groups is 1. The molecule has 22 heavy (non-hydrogen) atoms. The quantitative estimate of drug-likeness (QED) is 0.889. The van der Waals surface area contributed by atoms with Crippen LogP contribution in [0.2, 0.25) is 0 Å². The molecule has 2 aliphatic carbocycles. The van der Waals surface area contributed by atoms with E-state index in [1.807, 2.05) is 38.1 Å². The summed E-state index contributed by atoms with van der Waals surface area (Å²) < 4.78 is 5.66. The summed E-state index contributed by atoms with van der Waals surface area (Å²) in [6, 6.07) is 8.11. The third-order valence-corrected chi connectivity index (χ3v) is 5.19. The average molecular weight is 301 g/mol. The van der Waals surface area contributed by atoms with Crippen LogP contribution in [-0.2, 0) is 4.79 Å². The SMILES string of the molecule is CC(C)Oc1ccc(C(C)NC(=O)C2CC3CCC2C3)cc1. The number of nitrogens with one attached hydrogen (secondary N) is 1. The van der Waals surface area contributed by atoms with Crippen LogP contribution in [0.25, 0.3) is 0 Å². The first-order chi connectivity index (χ1) is 10.5. The van der Waals surface area contributed by atoms with Gasteiger partial charge in [-0.15, -0.1) is 0 Å². The van der Waals surface area contributed by atoms with Gasteiger partial charge in [-0.3, -0.25) is 4.79 Å². The van der Waals surface area contributed by atoms with Crippen LogP contribution < -0.4 is 10.1 Å². The van der Waals surface area contributed by atoms with E-state index in [0.717, 1.165) is 23.7 Å². The molecule has 1 aromatic carbocycles. The number of carbonyl (C=O) groups excluding carboxylic acids is 1. The maximum atomic E-state index is 12.5. The number of ether oxygens (including phenoxy) is 1. The Balaban J connectivity index is 1.57. The molecule has 0 spiro atoms. The molecule has 0 radical (unpaired) electrons. The van der Waals surface area contributed by atoms with Gasteiger partial charge < -0.3 is 10.1 Å². The summed E-state index contributed by atoms with van der Waals surface area (Å²) in [6.45, 7) is 6.10. The lowest BCUT2D eigenvalue weighted by Crippen LogP contribution is -2.35. The fourth-order valence-electron chi connectivity index (χ4n) is 4.08. The molecule has 2 saturated carbocycles. The van der Waals surface area contributed by atoms with E-state index in [0.29, 0.717) is 5.92 Å². The topological polar surface area (TPSA) is 38.3 Å². The van der Waals surface area contributed by atoms with Gasteiger partial charge in [0, 0.05) is 5.92 Å². The number of rotatable bonds is 5. The molecule has 3 nitrogen and oxygen atoms in total. The number of amides is 1. The van der Waals surface area contributed by atoms with Crippen LogP contribution in [0.1, 0.15) is 58.1 Å². The van der Waals surface area contributed by atoms with Crippen molar-refractivity contribution in [3.8, 4) is 5.75 Å². The van der Waals surface area contributed by atoms with Crippen LogP contribution in [0.3, 0.4) is 0 Å². The molecule has 4 atom stereocenters. The first-order valence-electron chi connectivity index (χ1n) is 8.60. The van der Waals surface area contributed by atoms with Crippen LogP contribution in [0.4, 0.5) is 0 Å². The largest absolute Gasteiger partial charge is 0.491 e. The molecule has 0 heterocycles. The van der Waals surface area contributed by atoms with Crippen LogP contribution in [0, 0.1) is 17.8 Å². The summed E-state index contributed by atoms with van der Waals surface area (Å²) in [5, 5.41) is 3.20. The summed E-state index contributed by atoms with van der Waals surface area (Å²) in [5.41, 5.74) is 1.13. The van der Waals surface area contributed by atoms with Crippen molar-refractivity contribution in [1.29, 1.82) is 0 Å². The smallest absolute Gasteiger partial charge is 0.223 e. The van der Waals surface area contributed by atoms with E-state index in [4.69, 9.17) is 4.74 Å². The minimum absolute atomic E-state index is 0.0553. The second-order valence-corrected chi connectivity index (χ2v) is 7.25. The lowest BCUT2D eigenvalue weighted by Gasteiger charge is -2.23. The van der Waals surface area contributed by atoms with E-state index >= 15 is 0 Å². The Kier molecular flexibility index (Phi) is 4.42. The standard InChI is InChI=1S/C19H27NO2/c1-12(2)22-17-8-6-15(7-9-17)13(3)20-19(21)18-11-14-4-5-16(18)10-14/h6-9,12-14,16,18H,4-5,10-11H2,1-3H3,(H,20,21). The maximum Gasteiger partial charge on any atom is 0.223 e. The van der Waals surface area contributed by atoms with Crippen LogP contribution in [0.15, 0.2) is 24.3 Å². The van der Waals surface area contributed by atoms with E-state index in [2.05, 4.69) is 12.2 Å². The van der Waals surface area contributed by atoms with Crippen molar-refractivity contribution < 1.29 is 9.53 Å². The van der Waals surface area contributed by atoms with Crippen molar-refractivity contribution >= 4 is 5.91 Å². The highest BCUT2D eigenvalue weighted by Crippen LogP contribution is 2.48. The highest BCUT2D eigenvalue weighted by atomic mass is 16.5. The summed E-state index contributed by atoms with van der Waals surface area (Å²) in [5.74, 6) is 2.83. The lowest BCUT2D eigenvalue weighted by atomic mass is 9.88. The van der Waals surface area contributed by atoms with E-state index in [1.165, 1.54) is 19.3 Å². The molecular weight excluding hydrogens is 274 g/mol. The minimum Gasteiger partial charge on any atom is -0.491 e. The van der Waals surface area contributed by atoms with Gasteiger partial charge in [-0.25, -0.2) is 0 Å². The summed E-state index contributed by atoms with van der Waals surface area (Å²) >= 11 is 0. The molecule has 2 fully saturated rings. The van der Waals surface area contributed by atoms with E-state index in [-0.39, 0.29) is 24.0 Å². The Labute approximate surface area is 133 Å². The Morgan fingerprint density at radius 1 is 1.14 bits per heavy atom. The fourth-order valence-corrected chi connectivity index (χ4v) is 4.08. The van der Waals surface area contributed by atoms with Gasteiger partial charge in [0.05, 0.1) is 12.1 Å². The third kappa shape index (κ3) is 3.29. The molecule has 1 amide bonds. The fraction of sp³-hybridized carbons (Fsp3) is 0.632. The second-order valence-electron chi connectivity index (χ2n) is 7.25. The van der Waals surface area contributed by atoms with Crippen molar-refractivity contribution in [2.75, 3.05) is 0 Å². The highest BCUT2D eigenvalue weighted by molar-refractivity contribution is 5.80. The lowest BCUT2D eigenvalue weighted by molar-refractivity contribution is -0.127. The molecule has 2 aliphatic rings. The molecule has 1 aromatic rings. The van der Waals surface area contributed by atoms with Gasteiger partial charge in [0.2, 0.25) is 5.91 Å². The van der Waals surface area contributed by atoms with Crippen LogP contribution in [-0.4, -0.2) is 12.0 Å². The first kappa shape index (κ1) is 15.4. The van der Waals surface area contributed by atoms with Crippen LogP contribution in [0.5, 0.6) is 5.75 Å². The number of hydrogen-bond acceptors (Lipinski definition) is 2. The van der Waals surface area contributed by atoms with Gasteiger partial charge in [0.1, 0.15) is 5.75 Å². The summed E-state index contributed by atoms with van der Waals surface area (Å²) in [7, 11) is 0. The van der Waals surface area contributed by atoms with Crippen molar-refractivity contribution in [2.45, 2.75) is 58.6 Å². The molecule has 120 valence electrons. The Bertz CT molecular complexity index is 523. The first-order valence-corrected chi connectivity index (χ1v) is 8.60. The Morgan fingerprint density at radius 2 is 1.86 bits per heavy atom. The van der Waals surface area contributed by atoms with E-state index < -0.39 is 0 Å². The Morgan fingerprint density at radius 3 is 2.41 bits per heavy atom. The molecular formula is C19H27NO2. The highest BCUT2D eigenvalue weighted by Gasteiger charge is 2.43. The monoisotopic (exact) mass is 301 g/mol. The third-order valence-electron chi connectivity index (χ3n) is 5.19. The van der Waals surface area contributed by atoms with Gasteiger partial charge in [-0.1, -0.05) is 18.6 Å². The van der Waals surface area contributed by atoms with Gasteiger partial charge >= 0.3 is 0 Å². The van der Waals surface area contributed by atoms with Gasteiger partial charge in [-0.05, 0) is 69.6 Å². The maximum absolute atomic E-state index is 12.5. The van der Waals surface area contributed by atoms with Crippen molar-refractivity contribution in [3.63, 3.8) is 0 Å². The normalized spacial score (nSPS) is 27.9. The van der Waals surface area contributed by atoms with E-state index in [1.54, 1.807) is 0 Å². The molecule has 2 bridgehead atoms. The van der Waals surface area contributed by atoms with Gasteiger partial charge in [0.25, 0.3) is 0 Å². The van der Waals surface area contributed by atoms with Crippen molar-refractivity contribution in [1.82, 2.24) is 5.32 Å². The average Bonchev–Trinajstić information content (AvgIpc) is 3.10. The predicted molar refractivity (Wildman–Crippen MR) is 87.7 cm³/mol. The summed E-state index contributed by atoms with van der Waals surface area (Å²) in [4.78, 5) is 12.5. The zero-order valence-corrected chi connectivity index (χ0v) is 13.8. The molecule has 0 aromatic heterocycles. The molecule has 1 N–H and O–H groups in total. The molecule has 0 saturated heterocycles. The zero-order valence-electron chi connectivity index (χ0n) is 13.8. The van der Waals surface area contributed by atoms with Crippen molar-refractivity contribution in [2.24, 2.45) is 17.8 Å². The van der Waals surface area contributed by atoms with E-state index in [9.17, 15) is 4.79 Å².